The second-order valence-corrected chi connectivity index (χ2v) is 1.54. The zero-order valence-corrected chi connectivity index (χ0v) is 10.00. The normalized spacial score (nSPS) is 7.38. The van der Waals surface area contributed by atoms with E-state index in [2.05, 4.69) is 0 Å². The minimum absolute atomic E-state index is 0. The van der Waals surface area contributed by atoms with E-state index < -0.39 is 7.82 Å². The fourth-order valence-electron chi connectivity index (χ4n) is 0. The molecule has 0 aliphatic heterocycles. The van der Waals surface area contributed by atoms with Crippen LogP contribution in [0.1, 0.15) is 1.43 Å². The van der Waals surface area contributed by atoms with Crippen LogP contribution < -0.4 is 29.6 Å². The maximum absolute atomic E-state index is 8.88. The Labute approximate surface area is 97.2 Å². The first-order chi connectivity index (χ1) is 2.00. The van der Waals surface area contributed by atoms with Crippen LogP contribution >= 0.6 is 7.82 Å². The number of phosphoric acid groups is 1. The molecule has 1 radical (unpaired) electrons. The average Bonchev–Trinajstić information content (AvgIpc) is 0.722. The smallest absolute Gasteiger partial charge is 1.00 e. The van der Waals surface area contributed by atoms with Crippen LogP contribution in [0, 0.1) is 0 Å². The van der Waals surface area contributed by atoms with Crippen molar-refractivity contribution in [1.82, 2.24) is 0 Å². The van der Waals surface area contributed by atoms with Gasteiger partial charge in [0, 0.05) is 40.3 Å². The average molecular weight is 221 g/mol. The molecule has 0 spiro atoms. The molecule has 0 atom stereocenters. The van der Waals surface area contributed by atoms with Crippen LogP contribution in [0.4, 0.5) is 0 Å². The van der Waals surface area contributed by atoms with Gasteiger partial charge in [-0.25, -0.2) is 4.57 Å². The summed E-state index contributed by atoms with van der Waals surface area (Å²) in [6.45, 7) is 0. The van der Waals surface area contributed by atoms with Crippen molar-refractivity contribution in [3.63, 3.8) is 0 Å². The maximum atomic E-state index is 8.88. The summed E-state index contributed by atoms with van der Waals surface area (Å²) in [4.78, 5) is 21.6. The Bertz CT molecular complexity index is 66.7. The van der Waals surface area contributed by atoms with E-state index >= 15 is 0 Å². The molecule has 0 saturated carbocycles. The van der Waals surface area contributed by atoms with Crippen molar-refractivity contribution in [3.8, 4) is 0 Å². The standard InChI is InChI=1S/Na.H3O4P.Ti.V.H/c;1-5(2,3)4;;;/h;(H3,1,2,3,4);;;/q+1;;;;-1. The monoisotopic (exact) mass is 221 g/mol. The van der Waals surface area contributed by atoms with E-state index in [1.165, 1.54) is 0 Å². The molecule has 8 heteroatoms. The first kappa shape index (κ1) is 22.4. The van der Waals surface area contributed by atoms with Gasteiger partial charge in [-0.05, 0) is 0 Å². The number of rotatable bonds is 0. The Hall–Kier alpha value is 2.41. The van der Waals surface area contributed by atoms with Gasteiger partial charge in [0.25, 0.3) is 0 Å². The van der Waals surface area contributed by atoms with Gasteiger partial charge >= 0.3 is 37.4 Å². The van der Waals surface area contributed by atoms with E-state index in [9.17, 15) is 0 Å². The van der Waals surface area contributed by atoms with Gasteiger partial charge in [0.15, 0.2) is 0 Å². The first-order valence-electron chi connectivity index (χ1n) is 0.783. The molecule has 0 aromatic carbocycles. The van der Waals surface area contributed by atoms with E-state index in [0.717, 1.165) is 0 Å². The fourth-order valence-corrected chi connectivity index (χ4v) is 0. The molecule has 0 aliphatic rings. The van der Waals surface area contributed by atoms with Crippen molar-refractivity contribution < 1.29 is 90.5 Å². The van der Waals surface area contributed by atoms with Gasteiger partial charge in [0.1, 0.15) is 0 Å². The van der Waals surface area contributed by atoms with E-state index in [0.29, 0.717) is 0 Å². The van der Waals surface area contributed by atoms with Crippen molar-refractivity contribution in [2.45, 2.75) is 0 Å². The van der Waals surface area contributed by atoms with E-state index in [-0.39, 0.29) is 71.3 Å². The summed E-state index contributed by atoms with van der Waals surface area (Å²) in [5.74, 6) is 0. The molecule has 0 rings (SSSR count). The first-order valence-corrected chi connectivity index (χ1v) is 2.35. The molecule has 0 fully saturated rings. The van der Waals surface area contributed by atoms with Gasteiger partial charge in [-0.1, -0.05) is 0 Å². The topological polar surface area (TPSA) is 77.8 Å². The predicted molar refractivity (Wildman–Crippen MR) is 15.4 cm³/mol. The van der Waals surface area contributed by atoms with Crippen molar-refractivity contribution in [3.05, 3.63) is 0 Å². The third-order valence-corrected chi connectivity index (χ3v) is 0. The summed E-state index contributed by atoms with van der Waals surface area (Å²) in [6, 6.07) is 0. The Morgan fingerprint density at radius 3 is 1.25 bits per heavy atom. The molecular formula is H4NaO4PTiV. The van der Waals surface area contributed by atoms with Crippen LogP contribution in [0.15, 0.2) is 0 Å². The molecule has 0 aromatic heterocycles. The Morgan fingerprint density at radius 1 is 1.25 bits per heavy atom. The Balaban J connectivity index is -0.0000000133. The molecule has 8 heavy (non-hydrogen) atoms. The SMILES string of the molecule is O=P(O)(O)O.[H-].[Na+].[Ti].[V]. The van der Waals surface area contributed by atoms with Crippen LogP contribution in [-0.2, 0) is 44.8 Å². The molecule has 0 aliphatic carbocycles. The zero-order valence-electron chi connectivity index (χ0n) is 5.14. The fraction of sp³-hybridized carbons (Fsp3) is 0. The second kappa shape index (κ2) is 9.41. The van der Waals surface area contributed by atoms with E-state index in [4.69, 9.17) is 19.2 Å². The molecule has 3 N–H and O–H groups in total. The van der Waals surface area contributed by atoms with Crippen LogP contribution in [-0.4, -0.2) is 14.7 Å². The van der Waals surface area contributed by atoms with Crippen LogP contribution in [0.2, 0.25) is 0 Å². The predicted octanol–water partition coefficient (Wildman–Crippen LogP) is -3.82. The second-order valence-electron chi connectivity index (χ2n) is 0.513. The molecule has 43 valence electrons. The van der Waals surface area contributed by atoms with E-state index in [1.54, 1.807) is 0 Å². The maximum Gasteiger partial charge on any atom is 1.00 e. The molecule has 4 nitrogen and oxygen atoms in total. The molecule has 0 heterocycles. The van der Waals surface area contributed by atoms with Gasteiger partial charge in [-0.15, -0.1) is 0 Å². The zero-order chi connectivity index (χ0) is 4.50. The summed E-state index contributed by atoms with van der Waals surface area (Å²) in [7, 11) is -4.64. The van der Waals surface area contributed by atoms with Gasteiger partial charge in [0.2, 0.25) is 0 Å². The largest absolute Gasteiger partial charge is 1.00 e. The van der Waals surface area contributed by atoms with E-state index in [1.807, 2.05) is 0 Å². The van der Waals surface area contributed by atoms with Gasteiger partial charge in [-0.3, -0.25) is 0 Å². The van der Waals surface area contributed by atoms with Gasteiger partial charge in [-0.2, -0.15) is 0 Å². The molecular weight excluding hydrogens is 217 g/mol. The summed E-state index contributed by atoms with van der Waals surface area (Å²) in [5, 5.41) is 0. The molecule has 0 saturated heterocycles. The summed E-state index contributed by atoms with van der Waals surface area (Å²) < 4.78 is 8.88. The minimum Gasteiger partial charge on any atom is -1.00 e. The van der Waals surface area contributed by atoms with Crippen molar-refractivity contribution >= 4 is 7.82 Å². The molecule has 0 aromatic rings. The third-order valence-electron chi connectivity index (χ3n) is 0. The minimum atomic E-state index is -4.64. The van der Waals surface area contributed by atoms with Crippen LogP contribution in [0.3, 0.4) is 0 Å². The van der Waals surface area contributed by atoms with Gasteiger partial charge < -0.3 is 16.1 Å². The van der Waals surface area contributed by atoms with Crippen molar-refractivity contribution in [2.75, 3.05) is 0 Å². The summed E-state index contributed by atoms with van der Waals surface area (Å²) in [6.07, 6.45) is 0. The quantitative estimate of drug-likeness (QED) is 0.289. The Morgan fingerprint density at radius 2 is 1.25 bits per heavy atom. The van der Waals surface area contributed by atoms with Crippen molar-refractivity contribution in [2.24, 2.45) is 0 Å². The van der Waals surface area contributed by atoms with Crippen LogP contribution in [0.5, 0.6) is 0 Å². The van der Waals surface area contributed by atoms with Crippen molar-refractivity contribution in [1.29, 1.82) is 0 Å². The van der Waals surface area contributed by atoms with Gasteiger partial charge in [0.05, 0.1) is 0 Å². The van der Waals surface area contributed by atoms with Crippen LogP contribution in [0.25, 0.3) is 0 Å². The summed E-state index contributed by atoms with van der Waals surface area (Å²) >= 11 is 0. The molecule has 0 unspecified atom stereocenters. The Kier molecular flexibility index (Phi) is 26.4. The molecule has 0 bridgehead atoms. The third kappa shape index (κ3) is 79.6. The summed E-state index contributed by atoms with van der Waals surface area (Å²) in [5.41, 5.74) is 0. The number of hydrogen-bond acceptors (Lipinski definition) is 1. The number of hydrogen-bond donors (Lipinski definition) is 3. The molecule has 0 amide bonds.